The van der Waals surface area contributed by atoms with Gasteiger partial charge < -0.3 is 15.4 Å². The zero-order chi connectivity index (χ0) is 18.5. The maximum absolute atomic E-state index is 11.7. The number of para-hydroxylation sites is 1. The van der Waals surface area contributed by atoms with Gasteiger partial charge in [0.15, 0.2) is 15.7 Å². The van der Waals surface area contributed by atoms with E-state index < -0.39 is 15.4 Å². The molecule has 7 nitrogen and oxygen atoms in total. The van der Waals surface area contributed by atoms with Crippen LogP contribution in [-0.2, 0) is 22.8 Å². The Labute approximate surface area is 151 Å². The fraction of sp³-hybridized carbons (Fsp3) is 0.444. The number of aryl methyl sites for hydroxylation is 1. The smallest absolute Gasteiger partial charge is 0.152 e. The van der Waals surface area contributed by atoms with Crippen molar-refractivity contribution in [2.45, 2.75) is 38.3 Å². The molecule has 138 valence electrons. The van der Waals surface area contributed by atoms with E-state index in [9.17, 15) is 13.5 Å². The Balaban J connectivity index is 1.89. The highest BCUT2D eigenvalue weighted by Crippen LogP contribution is 2.32. The van der Waals surface area contributed by atoms with Crippen LogP contribution in [0.2, 0.25) is 0 Å². The van der Waals surface area contributed by atoms with Crippen molar-refractivity contribution in [2.24, 2.45) is 0 Å². The molecule has 1 aliphatic rings. The molecule has 0 bridgehead atoms. The summed E-state index contributed by atoms with van der Waals surface area (Å²) in [5, 5.41) is 12.0. The second-order valence-electron chi connectivity index (χ2n) is 7.06. The zero-order valence-corrected chi connectivity index (χ0v) is 15.5. The van der Waals surface area contributed by atoms with Gasteiger partial charge in [0.05, 0.1) is 34.7 Å². The lowest BCUT2D eigenvalue weighted by Crippen LogP contribution is -2.42. The van der Waals surface area contributed by atoms with Gasteiger partial charge in [0.25, 0.3) is 0 Å². The Morgan fingerprint density at radius 2 is 1.92 bits per heavy atom. The fourth-order valence-corrected chi connectivity index (χ4v) is 5.30. The molecule has 3 N–H and O–H groups in total. The van der Waals surface area contributed by atoms with E-state index in [0.717, 1.165) is 22.2 Å². The van der Waals surface area contributed by atoms with Gasteiger partial charge >= 0.3 is 0 Å². The lowest BCUT2D eigenvalue weighted by atomic mass is 9.96. The number of aromatic nitrogens is 3. The summed E-state index contributed by atoms with van der Waals surface area (Å²) in [6.07, 6.45) is 1.14. The molecule has 1 aromatic carbocycles. The molecule has 1 aliphatic heterocycles. The maximum Gasteiger partial charge on any atom is 0.152 e. The second kappa shape index (κ2) is 5.92. The first kappa shape index (κ1) is 17.2. The summed E-state index contributed by atoms with van der Waals surface area (Å²) in [5.74, 6) is 1.21. The molecule has 1 fully saturated rings. The van der Waals surface area contributed by atoms with E-state index in [1.54, 1.807) is 0 Å². The lowest BCUT2D eigenvalue weighted by Gasteiger charge is -2.33. The van der Waals surface area contributed by atoms with Crippen molar-refractivity contribution in [3.05, 3.63) is 30.1 Å². The van der Waals surface area contributed by atoms with Crippen molar-refractivity contribution in [3.8, 4) is 0 Å². The van der Waals surface area contributed by atoms with Gasteiger partial charge in [0.2, 0.25) is 0 Å². The molecule has 3 heterocycles. The quantitative estimate of drug-likeness (QED) is 0.721. The van der Waals surface area contributed by atoms with E-state index >= 15 is 0 Å². The molecule has 0 saturated carbocycles. The second-order valence-corrected chi connectivity index (χ2v) is 9.36. The van der Waals surface area contributed by atoms with Crippen LogP contribution in [0.5, 0.6) is 0 Å². The Morgan fingerprint density at radius 3 is 2.62 bits per heavy atom. The van der Waals surface area contributed by atoms with Gasteiger partial charge in [-0.2, -0.15) is 0 Å². The molecule has 0 unspecified atom stereocenters. The number of pyridine rings is 1. The summed E-state index contributed by atoms with van der Waals surface area (Å²) >= 11 is 0. The summed E-state index contributed by atoms with van der Waals surface area (Å²) < 4.78 is 25.5. The first-order valence-corrected chi connectivity index (χ1v) is 10.6. The molecule has 1 saturated heterocycles. The van der Waals surface area contributed by atoms with Gasteiger partial charge in [-0.05, 0) is 18.9 Å². The van der Waals surface area contributed by atoms with Crippen LogP contribution in [-0.4, -0.2) is 45.2 Å². The third-order valence-electron chi connectivity index (χ3n) is 5.21. The largest absolute Gasteiger partial charge is 0.388 e. The van der Waals surface area contributed by atoms with Crippen LogP contribution in [0.25, 0.3) is 21.9 Å². The van der Waals surface area contributed by atoms with Gasteiger partial charge in [0.1, 0.15) is 11.3 Å². The van der Waals surface area contributed by atoms with Crippen molar-refractivity contribution in [1.29, 1.82) is 0 Å². The zero-order valence-electron chi connectivity index (χ0n) is 14.6. The van der Waals surface area contributed by atoms with E-state index in [1.165, 1.54) is 0 Å². The monoisotopic (exact) mass is 374 g/mol. The summed E-state index contributed by atoms with van der Waals surface area (Å²) in [6.45, 7) is 2.30. The van der Waals surface area contributed by atoms with Gasteiger partial charge in [0, 0.05) is 11.8 Å². The molecule has 0 radical (unpaired) electrons. The first-order valence-electron chi connectivity index (χ1n) is 8.78. The molecule has 4 rings (SSSR count). The number of benzene rings is 1. The summed E-state index contributed by atoms with van der Waals surface area (Å²) in [4.78, 5) is 9.09. The van der Waals surface area contributed by atoms with E-state index in [0.29, 0.717) is 24.3 Å². The standard InChI is InChI=1S/C18H22N4O3S/c1-2-14-21-15-16(12-5-3-4-6-13(12)20-17(15)19)22(14)11-18(23)7-9-26(24,25)10-8-18/h3-6,23H,2,7-11H2,1H3,(H2,19,20). The minimum absolute atomic E-state index is 0.0159. The van der Waals surface area contributed by atoms with Crippen LogP contribution in [0.3, 0.4) is 0 Å². The molecule has 0 aliphatic carbocycles. The van der Waals surface area contributed by atoms with Crippen molar-refractivity contribution >= 4 is 37.6 Å². The van der Waals surface area contributed by atoms with E-state index in [1.807, 2.05) is 35.8 Å². The molecular formula is C18H22N4O3S. The lowest BCUT2D eigenvalue weighted by molar-refractivity contribution is 0.0136. The van der Waals surface area contributed by atoms with Gasteiger partial charge in [-0.25, -0.2) is 18.4 Å². The maximum atomic E-state index is 11.7. The Hall–Kier alpha value is -2.19. The number of hydrogen-bond acceptors (Lipinski definition) is 6. The Morgan fingerprint density at radius 1 is 1.23 bits per heavy atom. The molecule has 3 aromatic rings. The van der Waals surface area contributed by atoms with Crippen LogP contribution in [0.1, 0.15) is 25.6 Å². The highest BCUT2D eigenvalue weighted by Gasteiger charge is 2.36. The van der Waals surface area contributed by atoms with E-state index in [4.69, 9.17) is 5.73 Å². The number of imidazole rings is 1. The molecule has 2 aromatic heterocycles. The van der Waals surface area contributed by atoms with Crippen molar-refractivity contribution in [2.75, 3.05) is 17.2 Å². The molecule has 26 heavy (non-hydrogen) atoms. The van der Waals surface area contributed by atoms with E-state index in [-0.39, 0.29) is 24.3 Å². The van der Waals surface area contributed by atoms with Crippen LogP contribution in [0.15, 0.2) is 24.3 Å². The number of nitrogens with two attached hydrogens (primary N) is 1. The molecular weight excluding hydrogens is 352 g/mol. The van der Waals surface area contributed by atoms with Crippen molar-refractivity contribution in [1.82, 2.24) is 14.5 Å². The van der Waals surface area contributed by atoms with Gasteiger partial charge in [-0.15, -0.1) is 0 Å². The normalized spacial score (nSPS) is 19.2. The number of fused-ring (bicyclic) bond motifs is 3. The molecule has 0 atom stereocenters. The third kappa shape index (κ3) is 2.83. The number of nitrogens with zero attached hydrogens (tertiary/aromatic N) is 3. The highest BCUT2D eigenvalue weighted by atomic mass is 32.2. The molecule has 8 heteroatoms. The first-order chi connectivity index (χ1) is 12.3. The number of aliphatic hydroxyl groups is 1. The van der Waals surface area contributed by atoms with Gasteiger partial charge in [-0.1, -0.05) is 25.1 Å². The number of hydrogen-bond donors (Lipinski definition) is 2. The average Bonchev–Trinajstić information content (AvgIpc) is 2.97. The number of sulfone groups is 1. The third-order valence-corrected chi connectivity index (χ3v) is 6.87. The SMILES string of the molecule is CCc1nc2c(N)nc3ccccc3c2n1CC1(O)CCS(=O)(=O)CC1. The van der Waals surface area contributed by atoms with Crippen molar-refractivity contribution < 1.29 is 13.5 Å². The Bertz CT molecular complexity index is 1090. The van der Waals surface area contributed by atoms with Crippen molar-refractivity contribution in [3.63, 3.8) is 0 Å². The average molecular weight is 374 g/mol. The van der Waals surface area contributed by atoms with E-state index in [2.05, 4.69) is 9.97 Å². The van der Waals surface area contributed by atoms with Crippen LogP contribution in [0.4, 0.5) is 5.82 Å². The fourth-order valence-electron chi connectivity index (χ4n) is 3.72. The number of nitrogen functional groups attached to an aromatic ring is 1. The molecule has 0 spiro atoms. The number of anilines is 1. The minimum Gasteiger partial charge on any atom is -0.388 e. The summed E-state index contributed by atoms with van der Waals surface area (Å²) in [5.41, 5.74) is 7.33. The van der Waals surface area contributed by atoms with Crippen LogP contribution < -0.4 is 5.73 Å². The predicted octanol–water partition coefficient (Wildman–Crippen LogP) is 1.67. The van der Waals surface area contributed by atoms with Crippen LogP contribution >= 0.6 is 0 Å². The minimum atomic E-state index is -3.05. The highest BCUT2D eigenvalue weighted by molar-refractivity contribution is 7.91. The number of rotatable bonds is 3. The Kier molecular flexibility index (Phi) is 3.92. The van der Waals surface area contributed by atoms with Gasteiger partial charge in [-0.3, -0.25) is 0 Å². The molecule has 0 amide bonds. The summed E-state index contributed by atoms with van der Waals surface area (Å²) in [7, 11) is -3.05. The van der Waals surface area contributed by atoms with Crippen LogP contribution in [0, 0.1) is 0 Å². The summed E-state index contributed by atoms with van der Waals surface area (Å²) in [6, 6.07) is 7.71. The topological polar surface area (TPSA) is 111 Å². The predicted molar refractivity (Wildman–Crippen MR) is 102 cm³/mol.